The molecule has 2 unspecified atom stereocenters. The Morgan fingerprint density at radius 1 is 1.38 bits per heavy atom. The number of carboxylic acids is 1. The van der Waals surface area contributed by atoms with E-state index in [1.54, 1.807) is 45.0 Å². The molecule has 6 heteroatoms. The fourth-order valence-electron chi connectivity index (χ4n) is 2.14. The van der Waals surface area contributed by atoms with Crippen LogP contribution in [-0.2, 0) is 4.79 Å². The van der Waals surface area contributed by atoms with Crippen molar-refractivity contribution in [2.45, 2.75) is 38.8 Å². The lowest BCUT2D eigenvalue weighted by atomic mass is 9.71. The average Bonchev–Trinajstić information content (AvgIpc) is 2.80. The van der Waals surface area contributed by atoms with Crippen LogP contribution < -0.4 is 5.73 Å². The van der Waals surface area contributed by atoms with Crippen LogP contribution in [0.5, 0.6) is 0 Å². The van der Waals surface area contributed by atoms with Crippen molar-refractivity contribution in [3.05, 3.63) is 30.2 Å². The molecule has 2 rings (SSSR count). The molecule has 0 radical (unpaired) electrons. The van der Waals surface area contributed by atoms with Crippen molar-refractivity contribution in [1.29, 1.82) is 0 Å². The number of hydrogen-bond acceptors (Lipinski definition) is 5. The van der Waals surface area contributed by atoms with Gasteiger partial charge in [-0.15, -0.1) is 0 Å². The fourth-order valence-corrected chi connectivity index (χ4v) is 2.14. The zero-order chi connectivity index (χ0) is 15.8. The minimum Gasteiger partial charge on any atom is -0.480 e. The van der Waals surface area contributed by atoms with Crippen LogP contribution in [0.4, 0.5) is 0 Å². The summed E-state index contributed by atoms with van der Waals surface area (Å²) >= 11 is 0. The van der Waals surface area contributed by atoms with Gasteiger partial charge in [0.1, 0.15) is 17.2 Å². The molecule has 0 saturated heterocycles. The third kappa shape index (κ3) is 2.77. The number of aliphatic carboxylic acids is 1. The van der Waals surface area contributed by atoms with Gasteiger partial charge in [-0.1, -0.05) is 32.9 Å². The monoisotopic (exact) mass is 292 g/mol. The van der Waals surface area contributed by atoms with Gasteiger partial charge in [-0.3, -0.25) is 4.79 Å². The molecule has 0 amide bonds. The number of benzene rings is 1. The lowest BCUT2D eigenvalue weighted by molar-refractivity contribution is -0.150. The Bertz CT molecular complexity index is 626. The largest absolute Gasteiger partial charge is 0.480 e. The molecule has 114 valence electrons. The van der Waals surface area contributed by atoms with E-state index in [2.05, 4.69) is 4.98 Å². The van der Waals surface area contributed by atoms with Gasteiger partial charge in [0.2, 0.25) is 5.89 Å². The van der Waals surface area contributed by atoms with E-state index in [9.17, 15) is 15.0 Å². The molecule has 0 aliphatic heterocycles. The molecule has 0 bridgehead atoms. The summed E-state index contributed by atoms with van der Waals surface area (Å²) in [6.07, 6.45) is -1.36. The van der Waals surface area contributed by atoms with E-state index in [-0.39, 0.29) is 12.3 Å². The SMILES string of the molecule is CC(C)(C)C(N)(CC(O)c1nc2ccccc2o1)C(=O)O. The maximum absolute atomic E-state index is 11.5. The molecule has 0 saturated carbocycles. The van der Waals surface area contributed by atoms with Crippen molar-refractivity contribution < 1.29 is 19.4 Å². The molecule has 1 aromatic heterocycles. The zero-order valence-electron chi connectivity index (χ0n) is 12.3. The molecule has 1 aromatic carbocycles. The summed E-state index contributed by atoms with van der Waals surface area (Å²) in [6, 6.07) is 7.09. The molecule has 0 spiro atoms. The number of aliphatic hydroxyl groups excluding tert-OH is 1. The molecule has 6 nitrogen and oxygen atoms in total. The number of aromatic nitrogens is 1. The Hall–Kier alpha value is -1.92. The van der Waals surface area contributed by atoms with E-state index in [0.29, 0.717) is 11.1 Å². The van der Waals surface area contributed by atoms with Gasteiger partial charge in [0.25, 0.3) is 0 Å². The normalized spacial score (nSPS) is 16.6. The predicted octanol–water partition coefficient (Wildman–Crippen LogP) is 2.08. The molecule has 21 heavy (non-hydrogen) atoms. The summed E-state index contributed by atoms with van der Waals surface area (Å²) in [5.41, 5.74) is 4.85. The minimum atomic E-state index is -1.59. The number of nitrogens with two attached hydrogens (primary N) is 1. The number of nitrogens with zero attached hydrogens (tertiary/aromatic N) is 1. The van der Waals surface area contributed by atoms with Gasteiger partial charge in [-0.2, -0.15) is 0 Å². The number of para-hydroxylation sites is 2. The van der Waals surface area contributed by atoms with Gasteiger partial charge in [0.05, 0.1) is 0 Å². The van der Waals surface area contributed by atoms with Gasteiger partial charge < -0.3 is 20.4 Å². The average molecular weight is 292 g/mol. The van der Waals surface area contributed by atoms with E-state index in [1.807, 2.05) is 0 Å². The Morgan fingerprint density at radius 3 is 2.52 bits per heavy atom. The number of oxazole rings is 1. The number of fused-ring (bicyclic) bond motifs is 1. The molecule has 4 N–H and O–H groups in total. The lowest BCUT2D eigenvalue weighted by Crippen LogP contribution is -2.58. The van der Waals surface area contributed by atoms with Crippen LogP contribution in [0.15, 0.2) is 28.7 Å². The second-order valence-corrected chi connectivity index (χ2v) is 6.27. The zero-order valence-corrected chi connectivity index (χ0v) is 12.3. The van der Waals surface area contributed by atoms with Gasteiger partial charge in [-0.25, -0.2) is 4.98 Å². The summed E-state index contributed by atoms with van der Waals surface area (Å²) < 4.78 is 5.46. The highest BCUT2D eigenvalue weighted by Gasteiger charge is 2.47. The van der Waals surface area contributed by atoms with Crippen LogP contribution in [0.2, 0.25) is 0 Å². The van der Waals surface area contributed by atoms with Gasteiger partial charge in [-0.05, 0) is 17.5 Å². The van der Waals surface area contributed by atoms with E-state index in [1.165, 1.54) is 0 Å². The van der Waals surface area contributed by atoms with Crippen LogP contribution in [0, 0.1) is 5.41 Å². The molecule has 1 heterocycles. The topological polar surface area (TPSA) is 110 Å². The summed E-state index contributed by atoms with van der Waals surface area (Å²) in [5.74, 6) is -1.08. The van der Waals surface area contributed by atoms with E-state index in [0.717, 1.165) is 0 Å². The van der Waals surface area contributed by atoms with E-state index < -0.39 is 23.0 Å². The van der Waals surface area contributed by atoms with Crippen molar-refractivity contribution in [1.82, 2.24) is 4.98 Å². The van der Waals surface area contributed by atoms with Crippen LogP contribution in [0.25, 0.3) is 11.1 Å². The first-order valence-corrected chi connectivity index (χ1v) is 6.71. The van der Waals surface area contributed by atoms with Gasteiger partial charge in [0.15, 0.2) is 5.58 Å². The number of hydrogen-bond donors (Lipinski definition) is 3. The fraction of sp³-hybridized carbons (Fsp3) is 0.467. The van der Waals surface area contributed by atoms with Gasteiger partial charge in [0, 0.05) is 6.42 Å². The molecular weight excluding hydrogens is 272 g/mol. The van der Waals surface area contributed by atoms with Crippen LogP contribution in [0.3, 0.4) is 0 Å². The minimum absolute atomic E-state index is 0.0801. The summed E-state index contributed by atoms with van der Waals surface area (Å²) in [5, 5.41) is 19.7. The lowest BCUT2D eigenvalue weighted by Gasteiger charge is -2.38. The van der Waals surface area contributed by atoms with Crippen molar-refractivity contribution in [2.75, 3.05) is 0 Å². The van der Waals surface area contributed by atoms with E-state index >= 15 is 0 Å². The highest BCUT2D eigenvalue weighted by atomic mass is 16.4. The highest BCUT2D eigenvalue weighted by molar-refractivity contribution is 5.79. The molecule has 0 aliphatic carbocycles. The van der Waals surface area contributed by atoms with Crippen molar-refractivity contribution in [3.63, 3.8) is 0 Å². The molecule has 0 aliphatic rings. The first-order valence-electron chi connectivity index (χ1n) is 6.71. The summed E-state index contributed by atoms with van der Waals surface area (Å²) in [6.45, 7) is 5.17. The summed E-state index contributed by atoms with van der Waals surface area (Å²) in [7, 11) is 0. The number of carbonyl (C=O) groups is 1. The molecule has 0 fully saturated rings. The predicted molar refractivity (Wildman–Crippen MR) is 77.6 cm³/mol. The quantitative estimate of drug-likeness (QED) is 0.796. The standard InChI is InChI=1S/C15H20N2O4/c1-14(2,3)15(16,13(19)20)8-10(18)12-17-9-6-4-5-7-11(9)21-12/h4-7,10,18H,8,16H2,1-3H3,(H,19,20). The van der Waals surface area contributed by atoms with Gasteiger partial charge >= 0.3 is 5.97 Å². The maximum Gasteiger partial charge on any atom is 0.324 e. The number of carboxylic acid groups (broad SMARTS) is 1. The maximum atomic E-state index is 11.5. The van der Waals surface area contributed by atoms with Crippen LogP contribution in [-0.4, -0.2) is 26.7 Å². The van der Waals surface area contributed by atoms with Crippen LogP contribution in [0.1, 0.15) is 39.2 Å². The third-order valence-corrected chi connectivity index (χ3v) is 3.83. The van der Waals surface area contributed by atoms with Crippen LogP contribution >= 0.6 is 0 Å². The second kappa shape index (κ2) is 5.13. The Kier molecular flexibility index (Phi) is 3.78. The number of aliphatic hydroxyl groups is 1. The van der Waals surface area contributed by atoms with E-state index in [4.69, 9.17) is 10.2 Å². The third-order valence-electron chi connectivity index (χ3n) is 3.83. The van der Waals surface area contributed by atoms with Crippen molar-refractivity contribution in [3.8, 4) is 0 Å². The Morgan fingerprint density at radius 2 is 2.00 bits per heavy atom. The Labute approximate surface area is 122 Å². The Balaban J connectivity index is 2.31. The summed E-state index contributed by atoms with van der Waals surface area (Å²) in [4.78, 5) is 15.7. The molecule has 2 atom stereocenters. The van der Waals surface area contributed by atoms with Crippen molar-refractivity contribution in [2.24, 2.45) is 11.1 Å². The first-order chi connectivity index (χ1) is 9.65. The highest BCUT2D eigenvalue weighted by Crippen LogP contribution is 2.36. The smallest absolute Gasteiger partial charge is 0.324 e. The molecular formula is C15H20N2O4. The molecule has 2 aromatic rings. The second-order valence-electron chi connectivity index (χ2n) is 6.27. The first kappa shape index (κ1) is 15.5. The van der Waals surface area contributed by atoms with Crippen molar-refractivity contribution >= 4 is 17.1 Å². The number of rotatable bonds is 4.